The van der Waals surface area contributed by atoms with Gasteiger partial charge in [-0.15, -0.1) is 0 Å². The lowest BCUT2D eigenvalue weighted by Gasteiger charge is -2.53. The van der Waals surface area contributed by atoms with Gasteiger partial charge >= 0.3 is 0 Å². The molecule has 0 atom stereocenters. The van der Waals surface area contributed by atoms with Crippen LogP contribution in [-0.2, 0) is 5.41 Å². The Kier molecular flexibility index (Phi) is 4.00. The summed E-state index contributed by atoms with van der Waals surface area (Å²) in [6, 6.07) is 4.94. The number of nitrogens with one attached hydrogen (secondary N) is 1. The average molecular weight is 260 g/mol. The number of rotatable bonds is 4. The number of nitrogens with zero attached hydrogens (tertiary/aromatic N) is 1. The van der Waals surface area contributed by atoms with Crippen LogP contribution in [0.4, 0.5) is 0 Å². The van der Waals surface area contributed by atoms with E-state index in [4.69, 9.17) is 0 Å². The van der Waals surface area contributed by atoms with Crippen LogP contribution in [0.2, 0.25) is 0 Å². The highest BCUT2D eigenvalue weighted by Gasteiger charge is 2.49. The standard InChI is InChI=1S/C17H28N2/c1-13(2)19-12-17(14-6-8-18-9-7-14)10-15(11-17)16(3,4)5/h6-9,13,15,19H,10-12H2,1-5H3. The summed E-state index contributed by atoms with van der Waals surface area (Å²) in [5, 5.41) is 3.64. The van der Waals surface area contributed by atoms with E-state index in [-0.39, 0.29) is 0 Å². The summed E-state index contributed by atoms with van der Waals surface area (Å²) < 4.78 is 0. The number of hydrogen-bond acceptors (Lipinski definition) is 2. The SMILES string of the molecule is CC(C)NCC1(c2ccncc2)CC(C(C)(C)C)C1. The van der Waals surface area contributed by atoms with E-state index in [1.54, 1.807) is 0 Å². The zero-order chi connectivity index (χ0) is 14.1. The minimum atomic E-state index is 0.325. The van der Waals surface area contributed by atoms with Gasteiger partial charge in [0.05, 0.1) is 0 Å². The molecule has 19 heavy (non-hydrogen) atoms. The molecule has 0 amide bonds. The molecule has 0 bridgehead atoms. The zero-order valence-electron chi connectivity index (χ0n) is 13.0. The molecule has 0 unspecified atom stereocenters. The second-order valence-corrected chi connectivity index (χ2v) is 7.52. The second kappa shape index (κ2) is 5.24. The molecule has 1 saturated carbocycles. The lowest BCUT2D eigenvalue weighted by atomic mass is 9.52. The normalized spacial score (nSPS) is 27.4. The van der Waals surface area contributed by atoms with E-state index in [9.17, 15) is 0 Å². The molecule has 2 nitrogen and oxygen atoms in total. The lowest BCUT2D eigenvalue weighted by Crippen LogP contribution is -2.52. The van der Waals surface area contributed by atoms with Crippen molar-refractivity contribution in [1.29, 1.82) is 0 Å². The third-order valence-corrected chi connectivity index (χ3v) is 4.64. The molecule has 1 fully saturated rings. The Bertz CT molecular complexity index is 397. The predicted molar refractivity (Wildman–Crippen MR) is 81.2 cm³/mol. The van der Waals surface area contributed by atoms with Gasteiger partial charge in [-0.2, -0.15) is 0 Å². The first-order chi connectivity index (χ1) is 8.83. The van der Waals surface area contributed by atoms with Gasteiger partial charge in [0.25, 0.3) is 0 Å². The Labute approximate surface area is 118 Å². The summed E-state index contributed by atoms with van der Waals surface area (Å²) in [6.07, 6.45) is 6.44. The fraction of sp³-hybridized carbons (Fsp3) is 0.706. The Hall–Kier alpha value is -0.890. The largest absolute Gasteiger partial charge is 0.314 e. The third-order valence-electron chi connectivity index (χ3n) is 4.64. The highest BCUT2D eigenvalue weighted by atomic mass is 14.9. The van der Waals surface area contributed by atoms with Crippen LogP contribution in [0.25, 0.3) is 0 Å². The number of hydrogen-bond donors (Lipinski definition) is 1. The Morgan fingerprint density at radius 3 is 2.32 bits per heavy atom. The van der Waals surface area contributed by atoms with Crippen LogP contribution in [0.5, 0.6) is 0 Å². The maximum Gasteiger partial charge on any atom is 0.0270 e. The topological polar surface area (TPSA) is 24.9 Å². The van der Waals surface area contributed by atoms with Crippen molar-refractivity contribution >= 4 is 0 Å². The molecule has 2 rings (SSSR count). The molecule has 0 aliphatic heterocycles. The Balaban J connectivity index is 2.13. The van der Waals surface area contributed by atoms with Gasteiger partial charge in [0.2, 0.25) is 0 Å². The third kappa shape index (κ3) is 3.17. The van der Waals surface area contributed by atoms with Crippen molar-refractivity contribution in [1.82, 2.24) is 10.3 Å². The highest BCUT2D eigenvalue weighted by molar-refractivity contribution is 5.28. The number of pyridine rings is 1. The van der Waals surface area contributed by atoms with Crippen LogP contribution in [-0.4, -0.2) is 17.6 Å². The van der Waals surface area contributed by atoms with Crippen molar-refractivity contribution < 1.29 is 0 Å². The molecule has 1 aliphatic rings. The van der Waals surface area contributed by atoms with Crippen LogP contribution in [0.15, 0.2) is 24.5 Å². The first kappa shape index (κ1) is 14.5. The summed E-state index contributed by atoms with van der Waals surface area (Å²) in [5.74, 6) is 0.828. The van der Waals surface area contributed by atoms with Gasteiger partial charge < -0.3 is 5.32 Å². The van der Waals surface area contributed by atoms with Gasteiger partial charge in [0.15, 0.2) is 0 Å². The van der Waals surface area contributed by atoms with E-state index >= 15 is 0 Å². The summed E-state index contributed by atoms with van der Waals surface area (Å²) in [5.41, 5.74) is 2.20. The molecule has 106 valence electrons. The number of aromatic nitrogens is 1. The van der Waals surface area contributed by atoms with Gasteiger partial charge in [0.1, 0.15) is 0 Å². The minimum absolute atomic E-state index is 0.325. The first-order valence-electron chi connectivity index (χ1n) is 7.47. The maximum atomic E-state index is 4.16. The van der Waals surface area contributed by atoms with Gasteiger partial charge in [0, 0.05) is 30.4 Å². The summed E-state index contributed by atoms with van der Waals surface area (Å²) in [4.78, 5) is 4.16. The summed E-state index contributed by atoms with van der Waals surface area (Å²) in [7, 11) is 0. The summed E-state index contributed by atoms with van der Waals surface area (Å²) >= 11 is 0. The molecule has 1 aromatic heterocycles. The van der Waals surface area contributed by atoms with E-state index in [1.807, 2.05) is 12.4 Å². The van der Waals surface area contributed by atoms with Crippen LogP contribution in [0.3, 0.4) is 0 Å². The second-order valence-electron chi connectivity index (χ2n) is 7.52. The fourth-order valence-corrected chi connectivity index (χ4v) is 3.08. The molecule has 1 heterocycles. The van der Waals surface area contributed by atoms with E-state index in [0.29, 0.717) is 16.9 Å². The van der Waals surface area contributed by atoms with Crippen molar-refractivity contribution in [3.05, 3.63) is 30.1 Å². The molecule has 1 aromatic rings. The van der Waals surface area contributed by atoms with Crippen LogP contribution >= 0.6 is 0 Å². The highest BCUT2D eigenvalue weighted by Crippen LogP contribution is 2.53. The monoisotopic (exact) mass is 260 g/mol. The molecule has 0 aromatic carbocycles. The molecule has 0 spiro atoms. The molecule has 2 heteroatoms. The van der Waals surface area contributed by atoms with Gasteiger partial charge in [-0.1, -0.05) is 34.6 Å². The molecule has 0 radical (unpaired) electrons. The molecule has 0 saturated heterocycles. The maximum absolute atomic E-state index is 4.16. The Morgan fingerprint density at radius 2 is 1.84 bits per heavy atom. The van der Waals surface area contributed by atoms with Crippen molar-refractivity contribution in [2.24, 2.45) is 11.3 Å². The van der Waals surface area contributed by atoms with Gasteiger partial charge in [-0.3, -0.25) is 4.98 Å². The van der Waals surface area contributed by atoms with Crippen LogP contribution < -0.4 is 5.32 Å². The van der Waals surface area contributed by atoms with Crippen LogP contribution in [0.1, 0.15) is 53.0 Å². The fourth-order valence-electron chi connectivity index (χ4n) is 3.08. The zero-order valence-corrected chi connectivity index (χ0v) is 13.0. The van der Waals surface area contributed by atoms with E-state index in [1.165, 1.54) is 18.4 Å². The van der Waals surface area contributed by atoms with Crippen LogP contribution in [0, 0.1) is 11.3 Å². The van der Waals surface area contributed by atoms with Gasteiger partial charge in [-0.05, 0) is 41.9 Å². The lowest BCUT2D eigenvalue weighted by molar-refractivity contribution is 0.0437. The molecular weight excluding hydrogens is 232 g/mol. The van der Waals surface area contributed by atoms with Crippen molar-refractivity contribution in [2.75, 3.05) is 6.54 Å². The van der Waals surface area contributed by atoms with Gasteiger partial charge in [-0.25, -0.2) is 0 Å². The Morgan fingerprint density at radius 1 is 1.26 bits per heavy atom. The first-order valence-corrected chi connectivity index (χ1v) is 7.47. The quantitative estimate of drug-likeness (QED) is 0.891. The van der Waals surface area contributed by atoms with Crippen molar-refractivity contribution in [3.8, 4) is 0 Å². The van der Waals surface area contributed by atoms with E-state index < -0.39 is 0 Å². The summed E-state index contributed by atoms with van der Waals surface area (Å²) in [6.45, 7) is 12.6. The van der Waals surface area contributed by atoms with Crippen molar-refractivity contribution in [2.45, 2.75) is 58.9 Å². The molecule has 1 N–H and O–H groups in total. The minimum Gasteiger partial charge on any atom is -0.314 e. The van der Waals surface area contributed by atoms with Crippen molar-refractivity contribution in [3.63, 3.8) is 0 Å². The smallest absolute Gasteiger partial charge is 0.0270 e. The molecular formula is C17H28N2. The molecule has 1 aliphatic carbocycles. The van der Waals surface area contributed by atoms with E-state index in [0.717, 1.165) is 12.5 Å². The van der Waals surface area contributed by atoms with E-state index in [2.05, 4.69) is 57.1 Å². The predicted octanol–water partition coefficient (Wildman–Crippen LogP) is 3.77. The average Bonchev–Trinajstić information content (AvgIpc) is 2.27.